The molecule has 4 heteroatoms. The predicted octanol–water partition coefficient (Wildman–Crippen LogP) is 2.62. The van der Waals surface area contributed by atoms with Gasteiger partial charge >= 0.3 is 0 Å². The Hall–Kier alpha value is -1.19. The third kappa shape index (κ3) is 2.56. The second-order valence-corrected chi connectivity index (χ2v) is 5.40. The van der Waals surface area contributed by atoms with Crippen molar-refractivity contribution in [2.24, 2.45) is 13.0 Å². The van der Waals surface area contributed by atoms with Crippen LogP contribution in [0.3, 0.4) is 0 Å². The fourth-order valence-electron chi connectivity index (χ4n) is 2.52. The molecule has 1 aliphatic rings. The van der Waals surface area contributed by atoms with E-state index in [1.807, 2.05) is 11.7 Å². The normalized spacial score (nSPS) is 18.8. The number of nitrogens with one attached hydrogen (secondary N) is 2. The van der Waals surface area contributed by atoms with Crippen molar-refractivity contribution >= 4 is 11.5 Å². The highest BCUT2D eigenvalue weighted by molar-refractivity contribution is 5.70. The van der Waals surface area contributed by atoms with E-state index in [9.17, 15) is 0 Å². The molecule has 1 aliphatic heterocycles. The van der Waals surface area contributed by atoms with Crippen molar-refractivity contribution in [2.75, 3.05) is 17.2 Å². The summed E-state index contributed by atoms with van der Waals surface area (Å²) in [7, 11) is 2.02. The zero-order valence-corrected chi connectivity index (χ0v) is 11.4. The molecule has 1 unspecified atom stereocenters. The SMILES string of the molecule is CCCc1nn(C)c2c1NCC(CC(C)C)N2. The average Bonchev–Trinajstić information content (AvgIpc) is 2.56. The molecule has 0 aliphatic carbocycles. The van der Waals surface area contributed by atoms with Crippen LogP contribution >= 0.6 is 0 Å². The highest BCUT2D eigenvalue weighted by Crippen LogP contribution is 2.31. The highest BCUT2D eigenvalue weighted by Gasteiger charge is 2.24. The summed E-state index contributed by atoms with van der Waals surface area (Å²) in [5, 5.41) is 11.7. The number of aromatic nitrogens is 2. The second kappa shape index (κ2) is 4.98. The first-order chi connectivity index (χ1) is 8.11. The quantitative estimate of drug-likeness (QED) is 0.844. The van der Waals surface area contributed by atoms with Crippen LogP contribution in [0.2, 0.25) is 0 Å². The minimum atomic E-state index is 0.521. The Balaban J connectivity index is 2.15. The fraction of sp³-hybridized carbons (Fsp3) is 0.769. The molecule has 2 N–H and O–H groups in total. The molecule has 2 rings (SSSR count). The number of rotatable bonds is 4. The summed E-state index contributed by atoms with van der Waals surface area (Å²) < 4.78 is 1.97. The van der Waals surface area contributed by atoms with Gasteiger partial charge in [-0.25, -0.2) is 0 Å². The monoisotopic (exact) mass is 236 g/mol. The smallest absolute Gasteiger partial charge is 0.148 e. The van der Waals surface area contributed by atoms with Crippen molar-refractivity contribution in [2.45, 2.75) is 46.1 Å². The third-order valence-electron chi connectivity index (χ3n) is 3.23. The van der Waals surface area contributed by atoms with Gasteiger partial charge in [-0.1, -0.05) is 27.2 Å². The predicted molar refractivity (Wildman–Crippen MR) is 72.6 cm³/mol. The molecule has 96 valence electrons. The Morgan fingerprint density at radius 1 is 1.47 bits per heavy atom. The molecule has 0 aromatic carbocycles. The van der Waals surface area contributed by atoms with Crippen LogP contribution in [-0.2, 0) is 13.5 Å². The summed E-state index contributed by atoms with van der Waals surface area (Å²) in [6, 6.07) is 0.521. The van der Waals surface area contributed by atoms with Crippen molar-refractivity contribution in [3.63, 3.8) is 0 Å². The number of aryl methyl sites for hydroxylation is 2. The molecular weight excluding hydrogens is 212 g/mol. The maximum Gasteiger partial charge on any atom is 0.148 e. The van der Waals surface area contributed by atoms with Crippen LogP contribution in [0.5, 0.6) is 0 Å². The first-order valence-corrected chi connectivity index (χ1v) is 6.68. The van der Waals surface area contributed by atoms with Crippen molar-refractivity contribution in [3.05, 3.63) is 5.69 Å². The van der Waals surface area contributed by atoms with Gasteiger partial charge in [0.05, 0.1) is 5.69 Å². The van der Waals surface area contributed by atoms with Gasteiger partial charge in [-0.15, -0.1) is 0 Å². The number of anilines is 2. The van der Waals surface area contributed by atoms with E-state index >= 15 is 0 Å². The van der Waals surface area contributed by atoms with E-state index in [1.54, 1.807) is 0 Å². The molecule has 0 radical (unpaired) electrons. The van der Waals surface area contributed by atoms with Crippen LogP contribution in [0.1, 0.15) is 39.3 Å². The topological polar surface area (TPSA) is 41.9 Å². The minimum Gasteiger partial charge on any atom is -0.378 e. The highest BCUT2D eigenvalue weighted by atomic mass is 15.3. The van der Waals surface area contributed by atoms with E-state index in [0.29, 0.717) is 6.04 Å². The van der Waals surface area contributed by atoms with E-state index in [1.165, 1.54) is 17.8 Å². The van der Waals surface area contributed by atoms with E-state index < -0.39 is 0 Å². The Morgan fingerprint density at radius 2 is 2.24 bits per heavy atom. The molecule has 0 amide bonds. The van der Waals surface area contributed by atoms with Crippen LogP contribution in [0, 0.1) is 5.92 Å². The Kier molecular flexibility index (Phi) is 3.60. The van der Waals surface area contributed by atoms with E-state index in [-0.39, 0.29) is 0 Å². The Bertz CT molecular complexity index is 381. The van der Waals surface area contributed by atoms with Gasteiger partial charge in [-0.2, -0.15) is 5.10 Å². The molecule has 0 fully saturated rings. The summed E-state index contributed by atoms with van der Waals surface area (Å²) >= 11 is 0. The van der Waals surface area contributed by atoms with Crippen LogP contribution in [-0.4, -0.2) is 22.4 Å². The average molecular weight is 236 g/mol. The summed E-state index contributed by atoms with van der Waals surface area (Å²) in [6.45, 7) is 7.73. The lowest BCUT2D eigenvalue weighted by Crippen LogP contribution is -2.34. The molecule has 1 aromatic heterocycles. The molecule has 0 saturated carbocycles. The van der Waals surface area contributed by atoms with Crippen LogP contribution in [0.25, 0.3) is 0 Å². The van der Waals surface area contributed by atoms with Crippen molar-refractivity contribution in [3.8, 4) is 0 Å². The van der Waals surface area contributed by atoms with Crippen LogP contribution in [0.15, 0.2) is 0 Å². The molecule has 0 bridgehead atoms. The molecular formula is C13H24N4. The van der Waals surface area contributed by atoms with Gasteiger partial charge in [0.25, 0.3) is 0 Å². The van der Waals surface area contributed by atoms with Gasteiger partial charge in [-0.3, -0.25) is 4.68 Å². The summed E-state index contributed by atoms with van der Waals surface area (Å²) in [5.74, 6) is 1.88. The standard InChI is InChI=1S/C13H24N4/c1-5-6-11-12-13(17(4)16-11)15-10(8-14-12)7-9(2)3/h9-10,14-15H,5-8H2,1-4H3. The van der Waals surface area contributed by atoms with Crippen LogP contribution in [0.4, 0.5) is 11.5 Å². The third-order valence-corrected chi connectivity index (χ3v) is 3.23. The van der Waals surface area contributed by atoms with Gasteiger partial charge in [0.1, 0.15) is 11.5 Å². The maximum atomic E-state index is 4.59. The Morgan fingerprint density at radius 3 is 2.88 bits per heavy atom. The zero-order valence-electron chi connectivity index (χ0n) is 11.4. The van der Waals surface area contributed by atoms with Crippen LogP contribution < -0.4 is 10.6 Å². The molecule has 1 atom stereocenters. The van der Waals surface area contributed by atoms with E-state index in [4.69, 9.17) is 0 Å². The number of fused-ring (bicyclic) bond motifs is 1. The van der Waals surface area contributed by atoms with Gasteiger partial charge < -0.3 is 10.6 Å². The first kappa shape index (κ1) is 12.3. The molecule has 0 spiro atoms. The lowest BCUT2D eigenvalue weighted by molar-refractivity contribution is 0.521. The fourth-order valence-corrected chi connectivity index (χ4v) is 2.52. The van der Waals surface area contributed by atoms with Gasteiger partial charge in [0.2, 0.25) is 0 Å². The summed E-state index contributed by atoms with van der Waals surface area (Å²) in [6.07, 6.45) is 3.38. The number of hydrogen-bond acceptors (Lipinski definition) is 3. The lowest BCUT2D eigenvalue weighted by atomic mass is 10.0. The Labute approximate surface area is 104 Å². The largest absolute Gasteiger partial charge is 0.378 e. The minimum absolute atomic E-state index is 0.521. The van der Waals surface area contributed by atoms with Crippen molar-refractivity contribution in [1.82, 2.24) is 9.78 Å². The second-order valence-electron chi connectivity index (χ2n) is 5.40. The lowest BCUT2D eigenvalue weighted by Gasteiger charge is -2.28. The molecule has 4 nitrogen and oxygen atoms in total. The molecule has 0 saturated heterocycles. The maximum absolute atomic E-state index is 4.59. The first-order valence-electron chi connectivity index (χ1n) is 6.68. The van der Waals surface area contributed by atoms with Gasteiger partial charge in [0, 0.05) is 19.6 Å². The molecule has 2 heterocycles. The molecule has 1 aromatic rings. The summed E-state index contributed by atoms with van der Waals surface area (Å²) in [5.41, 5.74) is 2.41. The number of nitrogens with zero attached hydrogens (tertiary/aromatic N) is 2. The van der Waals surface area contributed by atoms with E-state index in [0.717, 1.165) is 31.1 Å². The zero-order chi connectivity index (χ0) is 12.4. The van der Waals surface area contributed by atoms with Gasteiger partial charge in [-0.05, 0) is 18.8 Å². The van der Waals surface area contributed by atoms with Gasteiger partial charge in [0.15, 0.2) is 0 Å². The molecule has 17 heavy (non-hydrogen) atoms. The van der Waals surface area contributed by atoms with Crippen molar-refractivity contribution in [1.29, 1.82) is 0 Å². The van der Waals surface area contributed by atoms with E-state index in [2.05, 4.69) is 36.5 Å². The van der Waals surface area contributed by atoms with Crippen molar-refractivity contribution < 1.29 is 0 Å². The summed E-state index contributed by atoms with van der Waals surface area (Å²) in [4.78, 5) is 0. The number of hydrogen-bond donors (Lipinski definition) is 2.